The third kappa shape index (κ3) is 2.30. The molecule has 0 spiro atoms. The van der Waals surface area contributed by atoms with E-state index in [4.69, 9.17) is 11.6 Å². The molecule has 2 atom stereocenters. The highest BCUT2D eigenvalue weighted by molar-refractivity contribution is 6.35. The van der Waals surface area contributed by atoms with Gasteiger partial charge in [0.25, 0.3) is 5.91 Å². The zero-order valence-electron chi connectivity index (χ0n) is 12.2. The molecule has 1 aliphatic rings. The zero-order valence-corrected chi connectivity index (χ0v) is 12.9. The first-order valence-corrected chi connectivity index (χ1v) is 7.64. The van der Waals surface area contributed by atoms with Crippen molar-refractivity contribution in [2.24, 2.45) is 5.92 Å². The second-order valence-electron chi connectivity index (χ2n) is 5.71. The summed E-state index contributed by atoms with van der Waals surface area (Å²) in [5.74, 6) is -0.116. The van der Waals surface area contributed by atoms with Gasteiger partial charge in [-0.15, -0.1) is 0 Å². The van der Waals surface area contributed by atoms with E-state index >= 15 is 0 Å². The standard InChI is InChI=1S/C16H17ClN2O3/c1-9-5-6-19(13(9)8-20)16(22)11-7-18-14-10(15(11)21)3-2-4-12(14)17/h2-4,7,9,13,20H,5-6,8H2,1H3,(H,18,21). The van der Waals surface area contributed by atoms with Gasteiger partial charge in [-0.05, 0) is 24.5 Å². The lowest BCUT2D eigenvalue weighted by atomic mass is 10.0. The van der Waals surface area contributed by atoms with Crippen LogP contribution in [0.5, 0.6) is 0 Å². The molecule has 0 bridgehead atoms. The third-order valence-corrected chi connectivity index (χ3v) is 4.74. The fourth-order valence-corrected chi connectivity index (χ4v) is 3.30. The molecule has 2 aromatic rings. The van der Waals surface area contributed by atoms with Crippen molar-refractivity contribution < 1.29 is 9.90 Å². The van der Waals surface area contributed by atoms with E-state index in [1.807, 2.05) is 6.92 Å². The van der Waals surface area contributed by atoms with Crippen molar-refractivity contribution in [1.82, 2.24) is 9.88 Å². The normalized spacial score (nSPS) is 21.5. The van der Waals surface area contributed by atoms with Crippen LogP contribution in [-0.2, 0) is 0 Å². The summed E-state index contributed by atoms with van der Waals surface area (Å²) in [5, 5.41) is 10.3. The van der Waals surface area contributed by atoms with Crippen LogP contribution in [0.15, 0.2) is 29.2 Å². The van der Waals surface area contributed by atoms with Crippen molar-refractivity contribution in [3.8, 4) is 0 Å². The number of para-hydroxylation sites is 1. The van der Waals surface area contributed by atoms with Crippen LogP contribution in [0.4, 0.5) is 0 Å². The maximum Gasteiger partial charge on any atom is 0.259 e. The third-order valence-electron chi connectivity index (χ3n) is 4.42. The molecule has 1 aliphatic heterocycles. The quantitative estimate of drug-likeness (QED) is 0.889. The number of nitrogens with zero attached hydrogens (tertiary/aromatic N) is 1. The first-order chi connectivity index (χ1) is 10.5. The number of aromatic amines is 1. The van der Waals surface area contributed by atoms with Gasteiger partial charge in [-0.25, -0.2) is 0 Å². The average molecular weight is 321 g/mol. The van der Waals surface area contributed by atoms with Gasteiger partial charge < -0.3 is 15.0 Å². The Balaban J connectivity index is 2.06. The number of aliphatic hydroxyl groups excluding tert-OH is 1. The van der Waals surface area contributed by atoms with E-state index < -0.39 is 0 Å². The molecule has 6 heteroatoms. The number of rotatable bonds is 2. The molecule has 1 fully saturated rings. The van der Waals surface area contributed by atoms with Gasteiger partial charge in [0.05, 0.1) is 23.2 Å². The zero-order chi connectivity index (χ0) is 15.9. The summed E-state index contributed by atoms with van der Waals surface area (Å²) in [5.41, 5.74) is 0.277. The molecule has 1 amide bonds. The Bertz CT molecular complexity index is 787. The Labute approximate surface area is 132 Å². The Morgan fingerprint density at radius 1 is 1.50 bits per heavy atom. The van der Waals surface area contributed by atoms with E-state index in [1.54, 1.807) is 23.1 Å². The molecule has 1 saturated heterocycles. The molecular weight excluding hydrogens is 304 g/mol. The summed E-state index contributed by atoms with van der Waals surface area (Å²) in [7, 11) is 0. The molecular formula is C16H17ClN2O3. The number of aromatic nitrogens is 1. The smallest absolute Gasteiger partial charge is 0.259 e. The number of halogens is 1. The Hall–Kier alpha value is -1.85. The maximum atomic E-state index is 12.7. The molecule has 0 radical (unpaired) electrons. The number of amides is 1. The fraction of sp³-hybridized carbons (Fsp3) is 0.375. The molecule has 5 nitrogen and oxygen atoms in total. The van der Waals surface area contributed by atoms with Gasteiger partial charge in [0, 0.05) is 18.1 Å². The highest BCUT2D eigenvalue weighted by Crippen LogP contribution is 2.25. The molecule has 3 rings (SSSR count). The minimum Gasteiger partial charge on any atom is -0.394 e. The van der Waals surface area contributed by atoms with E-state index in [9.17, 15) is 14.7 Å². The van der Waals surface area contributed by atoms with Crippen molar-refractivity contribution in [3.63, 3.8) is 0 Å². The Morgan fingerprint density at radius 3 is 3.00 bits per heavy atom. The number of hydrogen-bond acceptors (Lipinski definition) is 3. The average Bonchev–Trinajstić information content (AvgIpc) is 2.88. The summed E-state index contributed by atoms with van der Waals surface area (Å²) in [4.78, 5) is 29.8. The molecule has 1 aromatic heterocycles. The number of carbonyl (C=O) groups excluding carboxylic acids is 1. The van der Waals surface area contributed by atoms with Gasteiger partial charge in [-0.2, -0.15) is 0 Å². The van der Waals surface area contributed by atoms with Gasteiger partial charge in [-0.1, -0.05) is 24.6 Å². The highest BCUT2D eigenvalue weighted by atomic mass is 35.5. The summed E-state index contributed by atoms with van der Waals surface area (Å²) >= 11 is 6.05. The molecule has 0 aliphatic carbocycles. The predicted octanol–water partition coefficient (Wildman–Crippen LogP) is 2.02. The van der Waals surface area contributed by atoms with E-state index in [0.717, 1.165) is 6.42 Å². The summed E-state index contributed by atoms with van der Waals surface area (Å²) < 4.78 is 0. The second kappa shape index (κ2) is 5.74. The van der Waals surface area contributed by atoms with Crippen LogP contribution in [-0.4, -0.2) is 40.1 Å². The highest BCUT2D eigenvalue weighted by Gasteiger charge is 2.35. The SMILES string of the molecule is CC1CCN(C(=O)c2c[nH]c3c(Cl)cccc3c2=O)C1CO. The summed E-state index contributed by atoms with van der Waals surface area (Å²) in [6.45, 7) is 2.46. The first kappa shape index (κ1) is 15.1. The number of aliphatic hydroxyl groups is 1. The topological polar surface area (TPSA) is 73.4 Å². The van der Waals surface area contributed by atoms with Gasteiger partial charge in [0.2, 0.25) is 5.43 Å². The van der Waals surface area contributed by atoms with Gasteiger partial charge in [0.15, 0.2) is 0 Å². The van der Waals surface area contributed by atoms with Crippen LogP contribution in [0.2, 0.25) is 5.02 Å². The molecule has 116 valence electrons. The Morgan fingerprint density at radius 2 is 2.27 bits per heavy atom. The minimum absolute atomic E-state index is 0.0855. The Kier molecular flexibility index (Phi) is 3.93. The number of pyridine rings is 1. The minimum atomic E-state index is -0.341. The van der Waals surface area contributed by atoms with E-state index in [-0.39, 0.29) is 35.5 Å². The lowest BCUT2D eigenvalue weighted by Gasteiger charge is -2.25. The number of benzene rings is 1. The summed E-state index contributed by atoms with van der Waals surface area (Å²) in [6.07, 6.45) is 2.24. The number of carbonyl (C=O) groups is 1. The number of H-pyrrole nitrogens is 1. The largest absolute Gasteiger partial charge is 0.394 e. The molecule has 2 heterocycles. The van der Waals surface area contributed by atoms with Crippen LogP contribution in [0.1, 0.15) is 23.7 Å². The number of likely N-dealkylation sites (tertiary alicyclic amines) is 1. The lowest BCUT2D eigenvalue weighted by Crippen LogP contribution is -2.41. The molecule has 1 aromatic carbocycles. The maximum absolute atomic E-state index is 12.7. The predicted molar refractivity (Wildman–Crippen MR) is 85.3 cm³/mol. The molecule has 0 saturated carbocycles. The van der Waals surface area contributed by atoms with Crippen LogP contribution < -0.4 is 5.43 Å². The molecule has 2 N–H and O–H groups in total. The molecule has 22 heavy (non-hydrogen) atoms. The van der Waals surface area contributed by atoms with Crippen LogP contribution in [0, 0.1) is 5.92 Å². The van der Waals surface area contributed by atoms with Crippen LogP contribution in [0.3, 0.4) is 0 Å². The number of fused-ring (bicyclic) bond motifs is 1. The van der Waals surface area contributed by atoms with E-state index in [1.165, 1.54) is 6.20 Å². The van der Waals surface area contributed by atoms with Gasteiger partial charge in [0.1, 0.15) is 5.56 Å². The number of nitrogens with one attached hydrogen (secondary N) is 1. The van der Waals surface area contributed by atoms with E-state index in [0.29, 0.717) is 22.5 Å². The first-order valence-electron chi connectivity index (χ1n) is 7.26. The van der Waals surface area contributed by atoms with Crippen molar-refractivity contribution >= 4 is 28.4 Å². The van der Waals surface area contributed by atoms with Gasteiger partial charge >= 0.3 is 0 Å². The lowest BCUT2D eigenvalue weighted by molar-refractivity contribution is 0.0647. The monoisotopic (exact) mass is 320 g/mol. The van der Waals surface area contributed by atoms with Crippen molar-refractivity contribution in [2.45, 2.75) is 19.4 Å². The van der Waals surface area contributed by atoms with Crippen molar-refractivity contribution in [2.75, 3.05) is 13.2 Å². The second-order valence-corrected chi connectivity index (χ2v) is 6.12. The van der Waals surface area contributed by atoms with Gasteiger partial charge in [-0.3, -0.25) is 9.59 Å². The summed E-state index contributed by atoms with van der Waals surface area (Å²) in [6, 6.07) is 4.78. The van der Waals surface area contributed by atoms with Crippen molar-refractivity contribution in [1.29, 1.82) is 0 Å². The van der Waals surface area contributed by atoms with Crippen LogP contribution >= 0.6 is 11.6 Å². The number of hydrogen-bond donors (Lipinski definition) is 2. The van der Waals surface area contributed by atoms with Crippen LogP contribution in [0.25, 0.3) is 10.9 Å². The molecule has 2 unspecified atom stereocenters. The fourth-order valence-electron chi connectivity index (χ4n) is 3.07. The van der Waals surface area contributed by atoms with Crippen molar-refractivity contribution in [3.05, 3.63) is 45.2 Å². The van der Waals surface area contributed by atoms with E-state index in [2.05, 4.69) is 4.98 Å².